The fourth-order valence-electron chi connectivity index (χ4n) is 2.14. The Kier molecular flexibility index (Phi) is 4.53. The van der Waals surface area contributed by atoms with Crippen LogP contribution in [0.1, 0.15) is 41.6 Å². The number of carbonyl (C=O) groups is 1. The fraction of sp³-hybridized carbons (Fsp3) is 0.400. The molecule has 1 aromatic heterocycles. The molecule has 0 bridgehead atoms. The zero-order chi connectivity index (χ0) is 15.4. The molecular weight excluding hydrogens is 302 g/mol. The van der Waals surface area contributed by atoms with Gasteiger partial charge in [-0.05, 0) is 24.6 Å². The number of hydrogen-bond donors (Lipinski definition) is 1. The quantitative estimate of drug-likeness (QED) is 0.827. The first kappa shape index (κ1) is 14.8. The highest BCUT2D eigenvalue weighted by molar-refractivity contribution is 7.15. The smallest absolute Gasteiger partial charge is 0.257 e. The molecule has 0 saturated heterocycles. The van der Waals surface area contributed by atoms with E-state index >= 15 is 0 Å². The number of nitrogens with zero attached hydrogens (tertiary/aromatic N) is 2. The van der Waals surface area contributed by atoms with Crippen LogP contribution in [-0.2, 0) is 6.42 Å². The highest BCUT2D eigenvalue weighted by atomic mass is 32.1. The molecular formula is C15H17N3O3S. The molecule has 7 heteroatoms. The van der Waals surface area contributed by atoms with Gasteiger partial charge in [-0.3, -0.25) is 10.1 Å². The highest BCUT2D eigenvalue weighted by Gasteiger charge is 2.17. The third kappa shape index (κ3) is 3.36. The standard InChI is InChI=1S/C15H17N3O3S/c1-2-3-4-5-13-17-18-15(22-13)16-14(19)10-6-7-11-12(8-10)21-9-20-11/h6-8H,2-5,9H2,1H3,(H,16,18,19). The molecule has 2 aromatic rings. The van der Waals surface area contributed by atoms with Crippen molar-refractivity contribution in [3.05, 3.63) is 28.8 Å². The minimum Gasteiger partial charge on any atom is -0.454 e. The van der Waals surface area contributed by atoms with Gasteiger partial charge in [0.25, 0.3) is 5.91 Å². The number of aromatic nitrogens is 2. The van der Waals surface area contributed by atoms with Gasteiger partial charge in [0.05, 0.1) is 0 Å². The Bertz CT molecular complexity index is 672. The molecule has 1 amide bonds. The van der Waals surface area contributed by atoms with Gasteiger partial charge in [-0.1, -0.05) is 31.1 Å². The summed E-state index contributed by atoms with van der Waals surface area (Å²) in [6.07, 6.45) is 4.36. The van der Waals surface area contributed by atoms with Gasteiger partial charge in [-0.15, -0.1) is 10.2 Å². The maximum atomic E-state index is 12.2. The van der Waals surface area contributed by atoms with E-state index < -0.39 is 0 Å². The van der Waals surface area contributed by atoms with Gasteiger partial charge < -0.3 is 9.47 Å². The molecule has 0 spiro atoms. The number of ether oxygens (including phenoxy) is 2. The number of rotatable bonds is 6. The first-order valence-corrected chi connectivity index (χ1v) is 8.11. The summed E-state index contributed by atoms with van der Waals surface area (Å²) in [7, 11) is 0. The second-order valence-corrected chi connectivity index (χ2v) is 6.04. The van der Waals surface area contributed by atoms with Crippen molar-refractivity contribution < 1.29 is 14.3 Å². The number of benzene rings is 1. The van der Waals surface area contributed by atoms with E-state index in [4.69, 9.17) is 9.47 Å². The largest absolute Gasteiger partial charge is 0.454 e. The summed E-state index contributed by atoms with van der Waals surface area (Å²) in [5.41, 5.74) is 0.506. The van der Waals surface area contributed by atoms with Crippen LogP contribution in [0, 0.1) is 0 Å². The van der Waals surface area contributed by atoms with E-state index in [-0.39, 0.29) is 12.7 Å². The Labute approximate surface area is 132 Å². The van der Waals surface area contributed by atoms with E-state index in [1.165, 1.54) is 24.2 Å². The van der Waals surface area contributed by atoms with Crippen LogP contribution in [0.3, 0.4) is 0 Å². The number of hydrogen-bond acceptors (Lipinski definition) is 6. The van der Waals surface area contributed by atoms with E-state index in [0.29, 0.717) is 22.2 Å². The SMILES string of the molecule is CCCCCc1nnc(NC(=O)c2ccc3c(c2)OCO3)s1. The summed E-state index contributed by atoms with van der Waals surface area (Å²) in [5.74, 6) is 1.02. The lowest BCUT2D eigenvalue weighted by atomic mass is 10.2. The van der Waals surface area contributed by atoms with Crippen LogP contribution in [0.2, 0.25) is 0 Å². The van der Waals surface area contributed by atoms with Crippen molar-refractivity contribution >= 4 is 22.4 Å². The molecule has 0 atom stereocenters. The van der Waals surface area contributed by atoms with Crippen molar-refractivity contribution in [2.24, 2.45) is 0 Å². The minimum atomic E-state index is -0.227. The van der Waals surface area contributed by atoms with Crippen LogP contribution < -0.4 is 14.8 Å². The van der Waals surface area contributed by atoms with Gasteiger partial charge >= 0.3 is 0 Å². The summed E-state index contributed by atoms with van der Waals surface area (Å²) >= 11 is 1.42. The Morgan fingerprint density at radius 1 is 1.27 bits per heavy atom. The zero-order valence-electron chi connectivity index (χ0n) is 12.3. The Morgan fingerprint density at radius 3 is 3.00 bits per heavy atom. The molecule has 1 aliphatic rings. The summed E-state index contributed by atoms with van der Waals surface area (Å²) in [5, 5.41) is 12.4. The number of fused-ring (bicyclic) bond motifs is 1. The number of amides is 1. The molecule has 0 unspecified atom stereocenters. The third-order valence-electron chi connectivity index (χ3n) is 3.32. The summed E-state index contributed by atoms with van der Waals surface area (Å²) in [6.45, 7) is 2.36. The fourth-order valence-corrected chi connectivity index (χ4v) is 2.92. The predicted molar refractivity (Wildman–Crippen MR) is 83.7 cm³/mol. The van der Waals surface area contributed by atoms with Crippen LogP contribution in [0.5, 0.6) is 11.5 Å². The van der Waals surface area contributed by atoms with Crippen molar-refractivity contribution in [2.45, 2.75) is 32.6 Å². The van der Waals surface area contributed by atoms with Crippen molar-refractivity contribution in [1.82, 2.24) is 10.2 Å². The first-order valence-electron chi connectivity index (χ1n) is 7.29. The van der Waals surface area contributed by atoms with Gasteiger partial charge in [0.1, 0.15) is 5.01 Å². The van der Waals surface area contributed by atoms with Crippen molar-refractivity contribution in [3.8, 4) is 11.5 Å². The molecule has 6 nitrogen and oxygen atoms in total. The lowest BCUT2D eigenvalue weighted by Gasteiger charge is -2.02. The van der Waals surface area contributed by atoms with E-state index in [1.54, 1.807) is 18.2 Å². The number of carbonyl (C=O) groups excluding carboxylic acids is 1. The number of aryl methyl sites for hydroxylation is 1. The van der Waals surface area contributed by atoms with E-state index in [9.17, 15) is 4.79 Å². The summed E-state index contributed by atoms with van der Waals surface area (Å²) in [4.78, 5) is 12.2. The maximum Gasteiger partial charge on any atom is 0.257 e. The number of nitrogens with one attached hydrogen (secondary N) is 1. The van der Waals surface area contributed by atoms with E-state index in [0.717, 1.165) is 17.8 Å². The third-order valence-corrected chi connectivity index (χ3v) is 4.21. The Hall–Kier alpha value is -2.15. The van der Waals surface area contributed by atoms with Gasteiger partial charge in [0.2, 0.25) is 11.9 Å². The summed E-state index contributed by atoms with van der Waals surface area (Å²) in [6, 6.07) is 5.10. The van der Waals surface area contributed by atoms with Crippen LogP contribution >= 0.6 is 11.3 Å². The molecule has 116 valence electrons. The van der Waals surface area contributed by atoms with E-state index in [1.807, 2.05) is 0 Å². The molecule has 0 aliphatic carbocycles. The maximum absolute atomic E-state index is 12.2. The lowest BCUT2D eigenvalue weighted by molar-refractivity contribution is 0.102. The zero-order valence-corrected chi connectivity index (χ0v) is 13.1. The van der Waals surface area contributed by atoms with Crippen LogP contribution in [0.15, 0.2) is 18.2 Å². The second kappa shape index (κ2) is 6.74. The van der Waals surface area contributed by atoms with Crippen LogP contribution in [-0.4, -0.2) is 22.9 Å². The van der Waals surface area contributed by atoms with Crippen LogP contribution in [0.25, 0.3) is 0 Å². The van der Waals surface area contributed by atoms with Gasteiger partial charge in [0, 0.05) is 12.0 Å². The normalized spacial score (nSPS) is 12.4. The van der Waals surface area contributed by atoms with Gasteiger partial charge in [-0.2, -0.15) is 0 Å². The van der Waals surface area contributed by atoms with Crippen molar-refractivity contribution in [2.75, 3.05) is 12.1 Å². The molecule has 1 aliphatic heterocycles. The second-order valence-electron chi connectivity index (χ2n) is 4.98. The van der Waals surface area contributed by atoms with Crippen molar-refractivity contribution in [1.29, 1.82) is 0 Å². The molecule has 22 heavy (non-hydrogen) atoms. The van der Waals surface area contributed by atoms with E-state index in [2.05, 4.69) is 22.4 Å². The average Bonchev–Trinajstić information content (AvgIpc) is 3.15. The van der Waals surface area contributed by atoms with Crippen LogP contribution in [0.4, 0.5) is 5.13 Å². The molecule has 0 saturated carbocycles. The first-order chi connectivity index (χ1) is 10.8. The number of anilines is 1. The monoisotopic (exact) mass is 319 g/mol. The average molecular weight is 319 g/mol. The topological polar surface area (TPSA) is 73.3 Å². The molecule has 1 N–H and O–H groups in total. The van der Waals surface area contributed by atoms with Gasteiger partial charge in [0.15, 0.2) is 11.5 Å². The predicted octanol–water partition coefficient (Wildman–Crippen LogP) is 3.25. The van der Waals surface area contributed by atoms with Gasteiger partial charge in [-0.25, -0.2) is 0 Å². The lowest BCUT2D eigenvalue weighted by Crippen LogP contribution is -2.11. The number of unbranched alkanes of at least 4 members (excludes halogenated alkanes) is 2. The molecule has 0 radical (unpaired) electrons. The van der Waals surface area contributed by atoms with Crippen molar-refractivity contribution in [3.63, 3.8) is 0 Å². The molecule has 2 heterocycles. The Morgan fingerprint density at radius 2 is 2.14 bits per heavy atom. The Balaban J connectivity index is 1.62. The molecule has 0 fully saturated rings. The molecule has 3 rings (SSSR count). The minimum absolute atomic E-state index is 0.192. The molecule has 1 aromatic carbocycles. The highest BCUT2D eigenvalue weighted by Crippen LogP contribution is 2.32. The summed E-state index contributed by atoms with van der Waals surface area (Å²) < 4.78 is 10.5.